The summed E-state index contributed by atoms with van der Waals surface area (Å²) in [5, 5.41) is 0. The summed E-state index contributed by atoms with van der Waals surface area (Å²) in [4.78, 5) is 7.70. The molecule has 108 valence electrons. The van der Waals surface area contributed by atoms with E-state index in [0.717, 1.165) is 22.2 Å². The Hall–Kier alpha value is -2.56. The molecule has 2 aromatic carbocycles. The number of aryl methyl sites for hydroxylation is 1. The number of fused-ring (bicyclic) bond motifs is 1. The van der Waals surface area contributed by atoms with Crippen molar-refractivity contribution in [2.45, 2.75) is 6.92 Å². The molecule has 0 saturated carbocycles. The fourth-order valence-electron chi connectivity index (χ4n) is 2.31. The van der Waals surface area contributed by atoms with Gasteiger partial charge in [-0.15, -0.1) is 0 Å². The summed E-state index contributed by atoms with van der Waals surface area (Å²) in [6.07, 6.45) is 0. The molecular formula is C16H15FN2O2. The van der Waals surface area contributed by atoms with Crippen molar-refractivity contribution in [1.29, 1.82) is 0 Å². The fourth-order valence-corrected chi connectivity index (χ4v) is 2.31. The van der Waals surface area contributed by atoms with Gasteiger partial charge in [-0.2, -0.15) is 0 Å². The van der Waals surface area contributed by atoms with E-state index < -0.39 is 0 Å². The molecule has 0 bridgehead atoms. The number of nitrogens with zero attached hydrogens (tertiary/aromatic N) is 1. The third-order valence-electron chi connectivity index (χ3n) is 3.44. The van der Waals surface area contributed by atoms with Crippen molar-refractivity contribution >= 4 is 11.0 Å². The number of benzene rings is 2. The Bertz CT molecular complexity index is 770. The van der Waals surface area contributed by atoms with Crippen molar-refractivity contribution in [2.24, 2.45) is 0 Å². The Morgan fingerprint density at radius 2 is 1.76 bits per heavy atom. The Labute approximate surface area is 121 Å². The highest BCUT2D eigenvalue weighted by atomic mass is 19.1. The zero-order valence-corrected chi connectivity index (χ0v) is 12.0. The minimum absolute atomic E-state index is 0.286. The predicted molar refractivity (Wildman–Crippen MR) is 79.3 cm³/mol. The van der Waals surface area contributed by atoms with Crippen molar-refractivity contribution in [3.8, 4) is 22.9 Å². The lowest BCUT2D eigenvalue weighted by molar-refractivity contribution is 0.356. The first-order chi connectivity index (χ1) is 10.1. The lowest BCUT2D eigenvalue weighted by Gasteiger charge is -2.06. The number of hydrogen-bond donors (Lipinski definition) is 1. The van der Waals surface area contributed by atoms with Crippen LogP contribution in [0.25, 0.3) is 22.4 Å². The molecule has 3 aromatic rings. The van der Waals surface area contributed by atoms with E-state index in [0.29, 0.717) is 17.3 Å². The van der Waals surface area contributed by atoms with Crippen LogP contribution in [0.3, 0.4) is 0 Å². The molecule has 0 saturated heterocycles. The van der Waals surface area contributed by atoms with Gasteiger partial charge < -0.3 is 14.5 Å². The van der Waals surface area contributed by atoms with Crippen molar-refractivity contribution in [3.05, 3.63) is 41.7 Å². The van der Waals surface area contributed by atoms with Gasteiger partial charge in [-0.25, -0.2) is 9.37 Å². The van der Waals surface area contributed by atoms with Gasteiger partial charge in [-0.05, 0) is 24.6 Å². The number of aromatic nitrogens is 2. The molecule has 1 N–H and O–H groups in total. The molecule has 0 aliphatic heterocycles. The topological polar surface area (TPSA) is 47.1 Å². The molecule has 3 rings (SSSR count). The summed E-state index contributed by atoms with van der Waals surface area (Å²) < 4.78 is 24.0. The molecule has 21 heavy (non-hydrogen) atoms. The van der Waals surface area contributed by atoms with E-state index >= 15 is 0 Å². The lowest BCUT2D eigenvalue weighted by atomic mass is 10.1. The molecule has 0 spiro atoms. The molecule has 0 radical (unpaired) electrons. The van der Waals surface area contributed by atoms with Gasteiger partial charge in [0, 0.05) is 17.7 Å². The van der Waals surface area contributed by atoms with E-state index in [9.17, 15) is 4.39 Å². The van der Waals surface area contributed by atoms with Crippen molar-refractivity contribution in [1.82, 2.24) is 9.97 Å². The molecule has 0 aliphatic rings. The average molecular weight is 286 g/mol. The molecule has 4 nitrogen and oxygen atoms in total. The first-order valence-electron chi connectivity index (χ1n) is 6.50. The van der Waals surface area contributed by atoms with E-state index in [-0.39, 0.29) is 5.82 Å². The number of halogens is 1. The summed E-state index contributed by atoms with van der Waals surface area (Å²) in [5.74, 6) is 1.57. The second kappa shape index (κ2) is 5.09. The molecule has 0 fully saturated rings. The second-order valence-electron chi connectivity index (χ2n) is 4.77. The minimum atomic E-state index is -0.286. The maximum atomic E-state index is 13.4. The molecule has 0 aliphatic carbocycles. The maximum Gasteiger partial charge on any atom is 0.163 e. The largest absolute Gasteiger partial charge is 0.493 e. The number of ether oxygens (including phenoxy) is 2. The van der Waals surface area contributed by atoms with Gasteiger partial charge in [0.1, 0.15) is 11.6 Å². The highest BCUT2D eigenvalue weighted by Crippen LogP contribution is 2.33. The summed E-state index contributed by atoms with van der Waals surface area (Å²) >= 11 is 0. The van der Waals surface area contributed by atoms with Crippen LogP contribution in [0.5, 0.6) is 11.5 Å². The van der Waals surface area contributed by atoms with Gasteiger partial charge in [-0.1, -0.05) is 6.07 Å². The van der Waals surface area contributed by atoms with Gasteiger partial charge in [0.05, 0.1) is 25.3 Å². The highest BCUT2D eigenvalue weighted by molar-refractivity contribution is 5.83. The normalized spacial score (nSPS) is 10.9. The van der Waals surface area contributed by atoms with Crippen LogP contribution in [0.15, 0.2) is 30.3 Å². The van der Waals surface area contributed by atoms with Crippen LogP contribution >= 0.6 is 0 Å². The van der Waals surface area contributed by atoms with Crippen LogP contribution in [0, 0.1) is 12.7 Å². The number of methoxy groups -OCH3 is 2. The zero-order valence-electron chi connectivity index (χ0n) is 12.0. The molecular weight excluding hydrogens is 271 g/mol. The third-order valence-corrected chi connectivity index (χ3v) is 3.44. The molecule has 0 unspecified atom stereocenters. The number of aromatic amines is 1. The van der Waals surface area contributed by atoms with Crippen LogP contribution in [0.4, 0.5) is 4.39 Å². The van der Waals surface area contributed by atoms with Crippen LogP contribution < -0.4 is 9.47 Å². The van der Waals surface area contributed by atoms with Crippen molar-refractivity contribution < 1.29 is 13.9 Å². The summed E-state index contributed by atoms with van der Waals surface area (Å²) in [7, 11) is 3.16. The van der Waals surface area contributed by atoms with Gasteiger partial charge in [-0.3, -0.25) is 0 Å². The van der Waals surface area contributed by atoms with E-state index in [1.54, 1.807) is 26.4 Å². The zero-order chi connectivity index (χ0) is 15.0. The monoisotopic (exact) mass is 286 g/mol. The van der Waals surface area contributed by atoms with E-state index in [4.69, 9.17) is 9.47 Å². The molecule has 5 heteroatoms. The third kappa shape index (κ3) is 2.31. The van der Waals surface area contributed by atoms with Gasteiger partial charge in [0.2, 0.25) is 0 Å². The molecule has 0 atom stereocenters. The molecule has 1 heterocycles. The smallest absolute Gasteiger partial charge is 0.163 e. The minimum Gasteiger partial charge on any atom is -0.493 e. The van der Waals surface area contributed by atoms with E-state index in [2.05, 4.69) is 9.97 Å². The van der Waals surface area contributed by atoms with Gasteiger partial charge in [0.25, 0.3) is 0 Å². The standard InChI is InChI=1S/C16H15FN2O2/c1-9-4-5-10(17)6-11(9)16-18-12-7-14(20-2)15(21-3)8-13(12)19-16/h4-8H,1-3H3,(H,18,19). The Kier molecular flexibility index (Phi) is 3.25. The van der Waals surface area contributed by atoms with E-state index in [1.807, 2.05) is 13.0 Å². The fraction of sp³-hybridized carbons (Fsp3) is 0.188. The maximum absolute atomic E-state index is 13.4. The van der Waals surface area contributed by atoms with Crippen molar-refractivity contribution in [2.75, 3.05) is 14.2 Å². The quantitative estimate of drug-likeness (QED) is 0.798. The summed E-state index contributed by atoms with van der Waals surface area (Å²) in [6, 6.07) is 8.26. The number of nitrogens with one attached hydrogen (secondary N) is 1. The second-order valence-corrected chi connectivity index (χ2v) is 4.77. The molecule has 1 aromatic heterocycles. The summed E-state index contributed by atoms with van der Waals surface area (Å²) in [6.45, 7) is 1.92. The Morgan fingerprint density at radius 3 is 2.48 bits per heavy atom. The van der Waals surface area contributed by atoms with Crippen LogP contribution in [-0.2, 0) is 0 Å². The Morgan fingerprint density at radius 1 is 1.05 bits per heavy atom. The number of H-pyrrole nitrogens is 1. The SMILES string of the molecule is COc1cc2nc(-c3cc(F)ccc3C)[nH]c2cc1OC. The molecule has 0 amide bonds. The highest BCUT2D eigenvalue weighted by Gasteiger charge is 2.12. The first-order valence-corrected chi connectivity index (χ1v) is 6.50. The number of hydrogen-bond acceptors (Lipinski definition) is 3. The van der Waals surface area contributed by atoms with Crippen LogP contribution in [-0.4, -0.2) is 24.2 Å². The number of rotatable bonds is 3. The van der Waals surface area contributed by atoms with E-state index in [1.165, 1.54) is 12.1 Å². The van der Waals surface area contributed by atoms with Crippen LogP contribution in [0.1, 0.15) is 5.56 Å². The first kappa shape index (κ1) is 13.4. The number of imidazole rings is 1. The average Bonchev–Trinajstić information content (AvgIpc) is 2.90. The van der Waals surface area contributed by atoms with Gasteiger partial charge >= 0.3 is 0 Å². The van der Waals surface area contributed by atoms with Crippen molar-refractivity contribution in [3.63, 3.8) is 0 Å². The van der Waals surface area contributed by atoms with Crippen LogP contribution in [0.2, 0.25) is 0 Å². The Balaban J connectivity index is 2.19. The van der Waals surface area contributed by atoms with Gasteiger partial charge in [0.15, 0.2) is 11.5 Å². The lowest BCUT2D eigenvalue weighted by Crippen LogP contribution is -1.89. The summed E-state index contributed by atoms with van der Waals surface area (Å²) in [5.41, 5.74) is 3.25. The predicted octanol–water partition coefficient (Wildman–Crippen LogP) is 3.69.